The van der Waals surface area contributed by atoms with E-state index in [0.29, 0.717) is 5.75 Å². The monoisotopic (exact) mass is 177 g/mol. The highest BCUT2D eigenvalue weighted by molar-refractivity contribution is 5.91. The van der Waals surface area contributed by atoms with Crippen molar-refractivity contribution in [3.63, 3.8) is 0 Å². The first kappa shape index (κ1) is 9.32. The number of benzene rings is 1. The predicted octanol–water partition coefficient (Wildman–Crippen LogP) is 1.11. The Hall–Kier alpha value is -1.77. The van der Waals surface area contributed by atoms with Crippen LogP contribution in [0.3, 0.4) is 0 Å². The lowest BCUT2D eigenvalue weighted by Crippen LogP contribution is -2.18. The third-order valence-electron chi connectivity index (χ3n) is 1.50. The number of carbonyl (C=O) groups excluding carboxylic acids is 1. The van der Waals surface area contributed by atoms with E-state index in [0.717, 1.165) is 0 Å². The first-order valence-electron chi connectivity index (χ1n) is 3.85. The quantitative estimate of drug-likeness (QED) is 0.700. The van der Waals surface area contributed by atoms with E-state index in [1.807, 2.05) is 18.2 Å². The second kappa shape index (κ2) is 4.30. The summed E-state index contributed by atoms with van der Waals surface area (Å²) in [5.41, 5.74) is 5.25. The molecule has 2 N–H and O–H groups in total. The maximum absolute atomic E-state index is 10.6. The van der Waals surface area contributed by atoms with Crippen LogP contribution in [0.25, 0.3) is 0 Å². The van der Waals surface area contributed by atoms with Gasteiger partial charge in [-0.3, -0.25) is 4.79 Å². The maximum atomic E-state index is 10.6. The molecule has 0 saturated carbocycles. The summed E-state index contributed by atoms with van der Waals surface area (Å²) in [5, 5.41) is 0. The van der Waals surface area contributed by atoms with Gasteiger partial charge in [0, 0.05) is 5.57 Å². The fourth-order valence-electron chi connectivity index (χ4n) is 0.758. The van der Waals surface area contributed by atoms with Gasteiger partial charge in [-0.05, 0) is 12.1 Å². The van der Waals surface area contributed by atoms with E-state index in [-0.39, 0.29) is 12.2 Å². The van der Waals surface area contributed by atoms with E-state index >= 15 is 0 Å². The second-order valence-electron chi connectivity index (χ2n) is 2.57. The van der Waals surface area contributed by atoms with Gasteiger partial charge in [-0.15, -0.1) is 0 Å². The number of primary amides is 1. The van der Waals surface area contributed by atoms with Crippen LogP contribution in [0.2, 0.25) is 0 Å². The summed E-state index contributed by atoms with van der Waals surface area (Å²) in [7, 11) is 0. The highest BCUT2D eigenvalue weighted by atomic mass is 16.5. The van der Waals surface area contributed by atoms with E-state index in [1.54, 1.807) is 12.1 Å². The van der Waals surface area contributed by atoms with Crippen LogP contribution in [-0.2, 0) is 4.79 Å². The van der Waals surface area contributed by atoms with Crippen LogP contribution in [0.5, 0.6) is 5.75 Å². The normalized spacial score (nSPS) is 9.23. The predicted molar refractivity (Wildman–Crippen MR) is 50.3 cm³/mol. The molecule has 3 nitrogen and oxygen atoms in total. The molecule has 0 atom stereocenters. The van der Waals surface area contributed by atoms with Crippen molar-refractivity contribution in [2.24, 2.45) is 5.73 Å². The number of nitrogens with two attached hydrogens (primary N) is 1. The Morgan fingerprint density at radius 3 is 2.54 bits per heavy atom. The van der Waals surface area contributed by atoms with Gasteiger partial charge in [0.2, 0.25) is 5.91 Å². The molecule has 0 aliphatic rings. The molecule has 0 bridgehead atoms. The lowest BCUT2D eigenvalue weighted by Gasteiger charge is -2.04. The molecule has 1 rings (SSSR count). The van der Waals surface area contributed by atoms with Crippen molar-refractivity contribution in [2.45, 2.75) is 0 Å². The van der Waals surface area contributed by atoms with E-state index < -0.39 is 5.91 Å². The first-order valence-corrected chi connectivity index (χ1v) is 3.85. The Kier molecular flexibility index (Phi) is 3.09. The average Bonchev–Trinajstić information content (AvgIpc) is 2.15. The first-order chi connectivity index (χ1) is 6.20. The molecule has 0 aliphatic carbocycles. The smallest absolute Gasteiger partial charge is 0.247 e. The van der Waals surface area contributed by atoms with Gasteiger partial charge in [-0.2, -0.15) is 0 Å². The molecule has 1 aromatic carbocycles. The topological polar surface area (TPSA) is 52.3 Å². The van der Waals surface area contributed by atoms with Gasteiger partial charge < -0.3 is 10.5 Å². The fourth-order valence-corrected chi connectivity index (χ4v) is 0.758. The van der Waals surface area contributed by atoms with Gasteiger partial charge in [0.1, 0.15) is 12.4 Å². The van der Waals surface area contributed by atoms with Gasteiger partial charge in [0.15, 0.2) is 0 Å². The minimum Gasteiger partial charge on any atom is -0.489 e. The fraction of sp³-hybridized carbons (Fsp3) is 0.100. The number of rotatable bonds is 4. The number of carbonyl (C=O) groups is 1. The van der Waals surface area contributed by atoms with Crippen LogP contribution in [0.1, 0.15) is 0 Å². The summed E-state index contributed by atoms with van der Waals surface area (Å²) in [6.07, 6.45) is 0. The van der Waals surface area contributed by atoms with Gasteiger partial charge in [-0.25, -0.2) is 0 Å². The molecule has 0 heterocycles. The van der Waals surface area contributed by atoms with Gasteiger partial charge in [-0.1, -0.05) is 24.8 Å². The highest BCUT2D eigenvalue weighted by Gasteiger charge is 2.01. The highest BCUT2D eigenvalue weighted by Crippen LogP contribution is 2.08. The molecule has 0 saturated heterocycles. The summed E-state index contributed by atoms with van der Waals surface area (Å²) >= 11 is 0. The molecule has 0 spiro atoms. The van der Waals surface area contributed by atoms with Crippen molar-refractivity contribution < 1.29 is 9.53 Å². The summed E-state index contributed by atoms with van der Waals surface area (Å²) in [6.45, 7) is 3.61. The standard InChI is InChI=1S/C10H11NO2/c1-8(10(11)12)7-13-9-5-3-2-4-6-9/h2-6H,1,7H2,(H2,11,12). The zero-order valence-electron chi connectivity index (χ0n) is 7.19. The molecule has 0 radical (unpaired) electrons. The van der Waals surface area contributed by atoms with Crippen molar-refractivity contribution >= 4 is 5.91 Å². The van der Waals surface area contributed by atoms with Crippen LogP contribution in [0, 0.1) is 0 Å². The molecule has 1 aromatic rings. The van der Waals surface area contributed by atoms with Crippen LogP contribution in [0.4, 0.5) is 0 Å². The molecule has 1 amide bonds. The summed E-state index contributed by atoms with van der Waals surface area (Å²) in [4.78, 5) is 10.6. The minimum atomic E-state index is -0.532. The van der Waals surface area contributed by atoms with E-state index in [2.05, 4.69) is 6.58 Å². The molecule has 0 unspecified atom stereocenters. The SMILES string of the molecule is C=C(COc1ccccc1)C(N)=O. The molecule has 0 aromatic heterocycles. The number of hydrogen-bond acceptors (Lipinski definition) is 2. The lowest BCUT2D eigenvalue weighted by atomic mass is 10.3. The van der Waals surface area contributed by atoms with E-state index in [4.69, 9.17) is 10.5 Å². The Labute approximate surface area is 76.8 Å². The molecule has 0 fully saturated rings. The molecule has 13 heavy (non-hydrogen) atoms. The zero-order valence-corrected chi connectivity index (χ0v) is 7.19. The molecule has 68 valence electrons. The number of para-hydroxylation sites is 1. The molecular formula is C10H11NO2. The maximum Gasteiger partial charge on any atom is 0.247 e. The summed E-state index contributed by atoms with van der Waals surface area (Å²) < 4.78 is 5.23. The largest absolute Gasteiger partial charge is 0.489 e. The van der Waals surface area contributed by atoms with Crippen LogP contribution < -0.4 is 10.5 Å². The van der Waals surface area contributed by atoms with Crippen molar-refractivity contribution in [3.05, 3.63) is 42.5 Å². The molecule has 3 heteroatoms. The minimum absolute atomic E-state index is 0.138. The third-order valence-corrected chi connectivity index (χ3v) is 1.50. The van der Waals surface area contributed by atoms with Crippen LogP contribution in [-0.4, -0.2) is 12.5 Å². The van der Waals surface area contributed by atoms with Gasteiger partial charge >= 0.3 is 0 Å². The second-order valence-corrected chi connectivity index (χ2v) is 2.57. The van der Waals surface area contributed by atoms with Crippen LogP contribution in [0.15, 0.2) is 42.5 Å². The van der Waals surface area contributed by atoms with Gasteiger partial charge in [0.25, 0.3) is 0 Å². The van der Waals surface area contributed by atoms with E-state index in [1.165, 1.54) is 0 Å². The Balaban J connectivity index is 2.44. The Bertz CT molecular complexity index is 306. The third kappa shape index (κ3) is 2.99. The summed E-state index contributed by atoms with van der Waals surface area (Å²) in [6, 6.07) is 9.18. The van der Waals surface area contributed by atoms with Gasteiger partial charge in [0.05, 0.1) is 0 Å². The zero-order chi connectivity index (χ0) is 9.68. The Morgan fingerprint density at radius 2 is 2.00 bits per heavy atom. The van der Waals surface area contributed by atoms with Crippen molar-refractivity contribution in [1.29, 1.82) is 0 Å². The molecule has 0 aliphatic heterocycles. The van der Waals surface area contributed by atoms with Crippen molar-refractivity contribution in [1.82, 2.24) is 0 Å². The number of hydrogen-bond donors (Lipinski definition) is 1. The van der Waals surface area contributed by atoms with Crippen molar-refractivity contribution in [3.8, 4) is 5.75 Å². The summed E-state index contributed by atoms with van der Waals surface area (Å²) in [5.74, 6) is 0.167. The Morgan fingerprint density at radius 1 is 1.38 bits per heavy atom. The number of ether oxygens (including phenoxy) is 1. The van der Waals surface area contributed by atoms with E-state index in [9.17, 15) is 4.79 Å². The van der Waals surface area contributed by atoms with Crippen molar-refractivity contribution in [2.75, 3.05) is 6.61 Å². The average molecular weight is 177 g/mol. The number of amides is 1. The molecular weight excluding hydrogens is 166 g/mol. The lowest BCUT2D eigenvalue weighted by molar-refractivity contribution is -0.114. The van der Waals surface area contributed by atoms with Crippen LogP contribution >= 0.6 is 0 Å².